The fourth-order valence-corrected chi connectivity index (χ4v) is 9.61. The summed E-state index contributed by atoms with van der Waals surface area (Å²) in [6.07, 6.45) is 15.7. The van der Waals surface area contributed by atoms with E-state index >= 15 is 0 Å². The van der Waals surface area contributed by atoms with E-state index in [0.29, 0.717) is 17.5 Å². The highest BCUT2D eigenvalue weighted by molar-refractivity contribution is 7.25. The van der Waals surface area contributed by atoms with E-state index in [1.54, 1.807) is 0 Å². The maximum Gasteiger partial charge on any atom is 0.164 e. The molecule has 0 saturated carbocycles. The number of hydrogen-bond donors (Lipinski definition) is 0. The van der Waals surface area contributed by atoms with Crippen LogP contribution >= 0.6 is 11.3 Å². The Morgan fingerprint density at radius 1 is 0.464 bits per heavy atom. The molecule has 5 heteroatoms. The van der Waals surface area contributed by atoms with Crippen LogP contribution in [0.15, 0.2) is 164 Å². The largest absolute Gasteiger partial charge is 0.310 e. The number of benzene rings is 6. The third-order valence-corrected chi connectivity index (χ3v) is 12.3. The average molecular weight is 737 g/mol. The number of thiophene rings is 1. The van der Waals surface area contributed by atoms with Crippen LogP contribution in [0.3, 0.4) is 0 Å². The minimum absolute atomic E-state index is 0.651. The van der Waals surface area contributed by atoms with Crippen LogP contribution in [0, 0.1) is 0 Å². The fraction of sp³-hybridized carbons (Fsp3) is 0.0784. The number of allylic oxidation sites excluding steroid dienone is 5. The Hall–Kier alpha value is -6.69. The van der Waals surface area contributed by atoms with Crippen molar-refractivity contribution in [2.45, 2.75) is 25.7 Å². The van der Waals surface area contributed by atoms with Gasteiger partial charge in [0, 0.05) is 53.6 Å². The van der Waals surface area contributed by atoms with Gasteiger partial charge in [-0.15, -0.1) is 11.3 Å². The Morgan fingerprint density at radius 2 is 1.16 bits per heavy atom. The Morgan fingerprint density at radius 3 is 2.02 bits per heavy atom. The molecular weight excluding hydrogens is 701 g/mol. The Balaban J connectivity index is 1.12. The summed E-state index contributed by atoms with van der Waals surface area (Å²) in [5.41, 5.74) is 12.6. The van der Waals surface area contributed by atoms with Crippen LogP contribution in [-0.2, 0) is 6.42 Å². The van der Waals surface area contributed by atoms with Gasteiger partial charge in [-0.2, -0.15) is 0 Å². The molecule has 3 heterocycles. The fourth-order valence-electron chi connectivity index (χ4n) is 8.46. The predicted molar refractivity (Wildman–Crippen MR) is 235 cm³/mol. The van der Waals surface area contributed by atoms with Crippen molar-refractivity contribution < 1.29 is 0 Å². The van der Waals surface area contributed by atoms with Crippen molar-refractivity contribution >= 4 is 54.2 Å². The van der Waals surface area contributed by atoms with Crippen molar-refractivity contribution in [3.05, 3.63) is 175 Å². The lowest BCUT2D eigenvalue weighted by Gasteiger charge is -2.15. The molecule has 0 spiro atoms. The first kappa shape index (κ1) is 32.7. The third kappa shape index (κ3) is 5.62. The third-order valence-electron chi connectivity index (χ3n) is 11.2. The SMILES string of the molecule is C1=CC(n2c3c(c4ccc(-c5nc(-c6ccc7c(c6)sc6ccccc67)nc(-c6ccccc6-c6cccc(-c7ccccc7)c6)n5)cc42)CCC=C3)=CCC1. The first-order valence-corrected chi connectivity index (χ1v) is 20.2. The van der Waals surface area contributed by atoms with Crippen LogP contribution in [0.25, 0.3) is 99.3 Å². The lowest BCUT2D eigenvalue weighted by atomic mass is 9.95. The van der Waals surface area contributed by atoms with Gasteiger partial charge >= 0.3 is 0 Å². The van der Waals surface area contributed by atoms with Gasteiger partial charge in [-0.3, -0.25) is 0 Å². The second kappa shape index (κ2) is 13.6. The number of aryl methyl sites for hydroxylation is 1. The van der Waals surface area contributed by atoms with Crippen molar-refractivity contribution in [2.75, 3.05) is 0 Å². The zero-order chi connectivity index (χ0) is 37.0. The van der Waals surface area contributed by atoms with Gasteiger partial charge < -0.3 is 4.57 Å². The zero-order valence-electron chi connectivity index (χ0n) is 30.7. The first-order valence-electron chi connectivity index (χ1n) is 19.4. The lowest BCUT2D eigenvalue weighted by Crippen LogP contribution is -2.03. The van der Waals surface area contributed by atoms with E-state index in [0.717, 1.165) is 53.5 Å². The Kier molecular flexibility index (Phi) is 7.92. The summed E-state index contributed by atoms with van der Waals surface area (Å²) < 4.78 is 4.93. The summed E-state index contributed by atoms with van der Waals surface area (Å²) in [4.78, 5) is 15.9. The summed E-state index contributed by atoms with van der Waals surface area (Å²) >= 11 is 1.81. The first-order chi connectivity index (χ1) is 27.7. The van der Waals surface area contributed by atoms with Crippen LogP contribution in [0.2, 0.25) is 0 Å². The monoisotopic (exact) mass is 736 g/mol. The van der Waals surface area contributed by atoms with Crippen LogP contribution in [-0.4, -0.2) is 19.5 Å². The van der Waals surface area contributed by atoms with E-state index in [1.165, 1.54) is 59.2 Å². The molecule has 0 unspecified atom stereocenters. The maximum atomic E-state index is 5.32. The summed E-state index contributed by atoms with van der Waals surface area (Å²) in [5, 5.41) is 3.82. The molecule has 9 aromatic rings. The van der Waals surface area contributed by atoms with Crippen LogP contribution in [0.5, 0.6) is 0 Å². The van der Waals surface area contributed by atoms with E-state index < -0.39 is 0 Å². The van der Waals surface area contributed by atoms with Crippen molar-refractivity contribution in [1.29, 1.82) is 0 Å². The van der Waals surface area contributed by atoms with Crippen LogP contribution in [0.1, 0.15) is 30.5 Å². The molecule has 56 heavy (non-hydrogen) atoms. The van der Waals surface area contributed by atoms with E-state index in [4.69, 9.17) is 15.0 Å². The number of rotatable bonds is 6. The molecule has 4 nitrogen and oxygen atoms in total. The summed E-state index contributed by atoms with van der Waals surface area (Å²) in [6.45, 7) is 0. The molecule has 266 valence electrons. The van der Waals surface area contributed by atoms with E-state index in [9.17, 15) is 0 Å². The standard InChI is InChI=1S/C51H36N4S/c1-3-14-33(15-4-1)34-16-13-17-35(30-34)39-20-7-8-23-44(39)51-53-49(52-50(54-51)37-27-29-43-42-22-10-12-25-47(42)56-48(43)32-37)36-26-28-41-40-21-9-11-24-45(40)55(46(41)31-36)38-18-5-2-6-19-38/h1,3-5,7-8,10-20,22-32H,2,6,9,21H2. The maximum absolute atomic E-state index is 5.32. The highest BCUT2D eigenvalue weighted by atomic mass is 32.1. The highest BCUT2D eigenvalue weighted by Crippen LogP contribution is 2.40. The number of hydrogen-bond acceptors (Lipinski definition) is 4. The molecule has 11 rings (SSSR count). The number of nitrogens with zero attached hydrogens (tertiary/aromatic N) is 4. The van der Waals surface area contributed by atoms with Crippen LogP contribution < -0.4 is 0 Å². The second-order valence-corrected chi connectivity index (χ2v) is 15.7. The summed E-state index contributed by atoms with van der Waals surface area (Å²) in [7, 11) is 0. The lowest BCUT2D eigenvalue weighted by molar-refractivity contribution is 0.963. The Labute approximate surface area is 329 Å². The number of aromatic nitrogens is 4. The van der Waals surface area contributed by atoms with E-state index in [1.807, 2.05) is 11.3 Å². The van der Waals surface area contributed by atoms with Gasteiger partial charge in [0.1, 0.15) is 0 Å². The second-order valence-electron chi connectivity index (χ2n) is 14.6. The van der Waals surface area contributed by atoms with Gasteiger partial charge in [-0.25, -0.2) is 15.0 Å². The molecular formula is C51H36N4S. The highest BCUT2D eigenvalue weighted by Gasteiger charge is 2.22. The number of fused-ring (bicyclic) bond motifs is 6. The molecule has 0 bridgehead atoms. The molecule has 6 aromatic carbocycles. The molecule has 3 aromatic heterocycles. The summed E-state index contributed by atoms with van der Waals surface area (Å²) in [6, 6.07) is 49.8. The Bertz CT molecular complexity index is 3090. The van der Waals surface area contributed by atoms with E-state index in [-0.39, 0.29) is 0 Å². The van der Waals surface area contributed by atoms with Crippen LogP contribution in [0.4, 0.5) is 0 Å². The van der Waals surface area contributed by atoms with Crippen molar-refractivity contribution in [2.24, 2.45) is 0 Å². The van der Waals surface area contributed by atoms with Gasteiger partial charge in [0.2, 0.25) is 0 Å². The smallest absolute Gasteiger partial charge is 0.164 e. The molecule has 0 atom stereocenters. The zero-order valence-corrected chi connectivity index (χ0v) is 31.5. The molecule has 0 saturated heterocycles. The molecule has 0 N–H and O–H groups in total. The topological polar surface area (TPSA) is 43.6 Å². The minimum atomic E-state index is 0.651. The molecule has 0 radical (unpaired) electrons. The molecule has 0 fully saturated rings. The predicted octanol–water partition coefficient (Wildman–Crippen LogP) is 13.7. The average Bonchev–Trinajstić information content (AvgIpc) is 3.82. The molecule has 0 aliphatic heterocycles. The van der Waals surface area contributed by atoms with Gasteiger partial charge in [-0.1, -0.05) is 133 Å². The molecule has 2 aliphatic rings. The van der Waals surface area contributed by atoms with Crippen molar-refractivity contribution in [1.82, 2.24) is 19.5 Å². The summed E-state index contributed by atoms with van der Waals surface area (Å²) in [5.74, 6) is 1.97. The normalized spacial score (nSPS) is 13.8. The van der Waals surface area contributed by atoms with E-state index in [2.05, 4.69) is 174 Å². The molecule has 0 amide bonds. The minimum Gasteiger partial charge on any atom is -0.310 e. The van der Waals surface area contributed by atoms with Crippen molar-refractivity contribution in [3.63, 3.8) is 0 Å². The van der Waals surface area contributed by atoms with Gasteiger partial charge in [0.05, 0.1) is 5.52 Å². The van der Waals surface area contributed by atoms with Gasteiger partial charge in [0.25, 0.3) is 0 Å². The van der Waals surface area contributed by atoms with Gasteiger partial charge in [-0.05, 0) is 89.9 Å². The quantitative estimate of drug-likeness (QED) is 0.171. The van der Waals surface area contributed by atoms with Gasteiger partial charge in [0.15, 0.2) is 17.5 Å². The van der Waals surface area contributed by atoms with Crippen molar-refractivity contribution in [3.8, 4) is 56.4 Å². The molecule has 2 aliphatic carbocycles.